The first-order chi connectivity index (χ1) is 20.5. The van der Waals surface area contributed by atoms with Gasteiger partial charge in [-0.05, 0) is 38.1 Å². The second-order valence-corrected chi connectivity index (χ2v) is 12.1. The van der Waals surface area contributed by atoms with Gasteiger partial charge in [-0.15, -0.1) is 11.3 Å². The molecule has 0 radical (unpaired) electrons. The molecule has 5 aromatic rings. The molecule has 0 spiro atoms. The molecule has 2 aliphatic rings. The molecular formula is C33H33N3O5S. The lowest BCUT2D eigenvalue weighted by Gasteiger charge is -2.34. The summed E-state index contributed by atoms with van der Waals surface area (Å²) in [6.07, 6.45) is 0.123. The molecule has 0 aliphatic carbocycles. The number of hydrogen-bond donors (Lipinski definition) is 1. The standard InChI is InChI=1S/C33H33N3O5S/c1-20-19-36(13-16-40-20)21(2)33(38)34-22-9-10-29-27(17-22)25-7-4-6-24(32(25)42-29)23-5-3-8-26-28(37)18-30(41-31(23)26)35-11-14-39-15-12-35/h3-10,17-18,20-21H,11-16,19H2,1-2H3,(H,34,38)/t20-,21-/m0/s1. The summed E-state index contributed by atoms with van der Waals surface area (Å²) < 4.78 is 19.8. The van der Waals surface area contributed by atoms with Gasteiger partial charge in [0.2, 0.25) is 5.91 Å². The Hall–Kier alpha value is -3.76. The maximum Gasteiger partial charge on any atom is 0.241 e. The van der Waals surface area contributed by atoms with Crippen LogP contribution in [0.5, 0.6) is 0 Å². The molecule has 42 heavy (non-hydrogen) atoms. The zero-order valence-corrected chi connectivity index (χ0v) is 24.5. The van der Waals surface area contributed by atoms with Gasteiger partial charge < -0.3 is 24.1 Å². The average molecular weight is 584 g/mol. The molecule has 1 amide bonds. The molecule has 0 saturated carbocycles. The van der Waals surface area contributed by atoms with E-state index in [0.29, 0.717) is 49.8 Å². The number of thiophene rings is 1. The first-order valence-corrected chi connectivity index (χ1v) is 15.3. The van der Waals surface area contributed by atoms with E-state index in [0.717, 1.165) is 50.1 Å². The second kappa shape index (κ2) is 11.1. The Kier molecular flexibility index (Phi) is 7.19. The Balaban J connectivity index is 1.26. The molecule has 216 valence electrons. The summed E-state index contributed by atoms with van der Waals surface area (Å²) in [5.41, 5.74) is 3.22. The molecule has 4 heterocycles. The Labute approximate surface area is 247 Å². The Morgan fingerprint density at radius 1 is 0.952 bits per heavy atom. The SMILES string of the molecule is C[C@H]1CN([C@@H](C)C(=O)Nc2ccc3sc4c(-c5cccc6c(=O)cc(N7CCOCC7)oc56)cccc4c3c2)CCO1. The van der Waals surface area contributed by atoms with Gasteiger partial charge in [-0.3, -0.25) is 14.5 Å². The van der Waals surface area contributed by atoms with Gasteiger partial charge in [0, 0.05) is 69.2 Å². The zero-order chi connectivity index (χ0) is 28.8. The lowest BCUT2D eigenvalue weighted by atomic mass is 10.0. The number of rotatable bonds is 5. The fraction of sp³-hybridized carbons (Fsp3) is 0.333. The van der Waals surface area contributed by atoms with Gasteiger partial charge in [0.25, 0.3) is 0 Å². The van der Waals surface area contributed by atoms with Crippen molar-refractivity contribution in [3.05, 3.63) is 70.9 Å². The van der Waals surface area contributed by atoms with Crippen LogP contribution in [0.3, 0.4) is 0 Å². The summed E-state index contributed by atoms with van der Waals surface area (Å²) in [6, 6.07) is 19.4. The van der Waals surface area contributed by atoms with E-state index in [4.69, 9.17) is 13.9 Å². The molecule has 3 aromatic carbocycles. The van der Waals surface area contributed by atoms with Gasteiger partial charge >= 0.3 is 0 Å². The molecule has 0 unspecified atom stereocenters. The first-order valence-electron chi connectivity index (χ1n) is 14.5. The van der Waals surface area contributed by atoms with Crippen LogP contribution in [-0.2, 0) is 14.3 Å². The van der Waals surface area contributed by atoms with Gasteiger partial charge in [-0.1, -0.05) is 30.3 Å². The normalized spacial score (nSPS) is 19.0. The van der Waals surface area contributed by atoms with Crippen LogP contribution in [0.2, 0.25) is 0 Å². The molecule has 2 aliphatic heterocycles. The van der Waals surface area contributed by atoms with E-state index in [2.05, 4.69) is 39.4 Å². The van der Waals surface area contributed by atoms with Crippen molar-refractivity contribution in [1.82, 2.24) is 4.90 Å². The average Bonchev–Trinajstić information content (AvgIpc) is 3.39. The van der Waals surface area contributed by atoms with E-state index in [-0.39, 0.29) is 23.5 Å². The number of ether oxygens (including phenoxy) is 2. The van der Waals surface area contributed by atoms with Gasteiger partial charge in [-0.2, -0.15) is 0 Å². The van der Waals surface area contributed by atoms with Crippen molar-refractivity contribution in [3.63, 3.8) is 0 Å². The topological polar surface area (TPSA) is 84.3 Å². The minimum Gasteiger partial charge on any atom is -0.440 e. The summed E-state index contributed by atoms with van der Waals surface area (Å²) in [7, 11) is 0. The highest BCUT2D eigenvalue weighted by Gasteiger charge is 2.26. The number of para-hydroxylation sites is 1. The molecule has 7 rings (SSSR count). The maximum absolute atomic E-state index is 13.2. The Bertz CT molecular complexity index is 1860. The Morgan fingerprint density at radius 3 is 2.55 bits per heavy atom. The number of fused-ring (bicyclic) bond motifs is 4. The van der Waals surface area contributed by atoms with Crippen LogP contribution in [0.15, 0.2) is 69.9 Å². The highest BCUT2D eigenvalue weighted by Crippen LogP contribution is 2.42. The first kappa shape index (κ1) is 27.1. The van der Waals surface area contributed by atoms with Crippen molar-refractivity contribution in [2.45, 2.75) is 26.0 Å². The van der Waals surface area contributed by atoms with E-state index >= 15 is 0 Å². The van der Waals surface area contributed by atoms with Crippen LogP contribution < -0.4 is 15.6 Å². The van der Waals surface area contributed by atoms with Gasteiger partial charge in [-0.25, -0.2) is 0 Å². The van der Waals surface area contributed by atoms with Crippen LogP contribution in [0.25, 0.3) is 42.3 Å². The number of benzene rings is 3. The third kappa shape index (κ3) is 4.96. The molecule has 2 atom stereocenters. The van der Waals surface area contributed by atoms with Crippen molar-refractivity contribution >= 4 is 60.0 Å². The zero-order valence-electron chi connectivity index (χ0n) is 23.7. The number of anilines is 2. The molecule has 2 fully saturated rings. The maximum atomic E-state index is 13.2. The van der Waals surface area contributed by atoms with Crippen molar-refractivity contribution in [3.8, 4) is 11.1 Å². The molecule has 1 N–H and O–H groups in total. The summed E-state index contributed by atoms with van der Waals surface area (Å²) in [4.78, 5) is 30.5. The van der Waals surface area contributed by atoms with Crippen molar-refractivity contribution in [2.75, 3.05) is 56.2 Å². The van der Waals surface area contributed by atoms with E-state index in [9.17, 15) is 9.59 Å². The van der Waals surface area contributed by atoms with Crippen LogP contribution in [0.1, 0.15) is 13.8 Å². The van der Waals surface area contributed by atoms with Crippen LogP contribution in [-0.4, -0.2) is 69.0 Å². The quantitative estimate of drug-likeness (QED) is 0.284. The van der Waals surface area contributed by atoms with Gasteiger partial charge in [0.15, 0.2) is 11.3 Å². The minimum absolute atomic E-state index is 0.0227. The fourth-order valence-electron chi connectivity index (χ4n) is 6.01. The van der Waals surface area contributed by atoms with Crippen LogP contribution in [0.4, 0.5) is 11.6 Å². The van der Waals surface area contributed by atoms with E-state index in [1.54, 1.807) is 17.4 Å². The number of hydrogen-bond acceptors (Lipinski definition) is 8. The third-order valence-electron chi connectivity index (χ3n) is 8.32. The summed E-state index contributed by atoms with van der Waals surface area (Å²) >= 11 is 1.70. The third-order valence-corrected chi connectivity index (χ3v) is 9.54. The monoisotopic (exact) mass is 583 g/mol. The second-order valence-electron chi connectivity index (χ2n) is 11.1. The number of amides is 1. The lowest BCUT2D eigenvalue weighted by molar-refractivity contribution is -0.123. The highest BCUT2D eigenvalue weighted by molar-refractivity contribution is 7.26. The predicted octanol–water partition coefficient (Wildman–Crippen LogP) is 5.71. The number of carbonyl (C=O) groups excluding carboxylic acids is 1. The largest absolute Gasteiger partial charge is 0.440 e. The van der Waals surface area contributed by atoms with E-state index in [1.807, 2.05) is 44.2 Å². The smallest absolute Gasteiger partial charge is 0.241 e. The number of nitrogens with one attached hydrogen (secondary N) is 1. The molecular weight excluding hydrogens is 550 g/mol. The number of nitrogens with zero attached hydrogens (tertiary/aromatic N) is 2. The summed E-state index contributed by atoms with van der Waals surface area (Å²) in [6.45, 7) is 8.71. The molecule has 0 bridgehead atoms. The van der Waals surface area contributed by atoms with Gasteiger partial charge in [0.05, 0.1) is 37.4 Å². The van der Waals surface area contributed by atoms with Crippen molar-refractivity contribution < 1.29 is 18.7 Å². The van der Waals surface area contributed by atoms with Crippen LogP contribution in [0, 0.1) is 0 Å². The van der Waals surface area contributed by atoms with Crippen LogP contribution >= 0.6 is 11.3 Å². The molecule has 8 nitrogen and oxygen atoms in total. The van der Waals surface area contributed by atoms with Crippen molar-refractivity contribution in [2.24, 2.45) is 0 Å². The minimum atomic E-state index is -0.249. The fourth-order valence-corrected chi connectivity index (χ4v) is 7.23. The van der Waals surface area contributed by atoms with Crippen molar-refractivity contribution in [1.29, 1.82) is 0 Å². The summed E-state index contributed by atoms with van der Waals surface area (Å²) in [5, 5.41) is 5.88. The predicted molar refractivity (Wildman–Crippen MR) is 169 cm³/mol. The molecule has 2 saturated heterocycles. The highest BCUT2D eigenvalue weighted by atomic mass is 32.1. The summed E-state index contributed by atoms with van der Waals surface area (Å²) in [5.74, 6) is 0.554. The molecule has 2 aromatic heterocycles. The number of carbonyl (C=O) groups is 1. The van der Waals surface area contributed by atoms with E-state index < -0.39 is 0 Å². The van der Waals surface area contributed by atoms with Gasteiger partial charge in [0.1, 0.15) is 5.58 Å². The lowest BCUT2D eigenvalue weighted by Crippen LogP contribution is -2.50. The number of morpholine rings is 2. The Morgan fingerprint density at radius 2 is 1.74 bits per heavy atom. The van der Waals surface area contributed by atoms with E-state index in [1.165, 1.54) is 0 Å². The molecule has 9 heteroatoms.